The van der Waals surface area contributed by atoms with E-state index in [0.29, 0.717) is 26.2 Å². The normalized spacial score (nSPS) is 15.7. The summed E-state index contributed by atoms with van der Waals surface area (Å²) in [4.78, 5) is 29.7. The highest BCUT2D eigenvalue weighted by atomic mass is 16.2. The molecule has 0 atom stereocenters. The van der Waals surface area contributed by atoms with Crippen molar-refractivity contribution in [2.75, 3.05) is 44.2 Å². The molecule has 2 rings (SSSR count). The van der Waals surface area contributed by atoms with E-state index in [4.69, 9.17) is 0 Å². The Balaban J connectivity index is 1.95. The van der Waals surface area contributed by atoms with Gasteiger partial charge in [0.25, 0.3) is 0 Å². The highest BCUT2D eigenvalue weighted by molar-refractivity contribution is 5.94. The van der Waals surface area contributed by atoms with Crippen molar-refractivity contribution in [1.29, 1.82) is 0 Å². The van der Waals surface area contributed by atoms with Crippen LogP contribution in [-0.4, -0.2) is 60.9 Å². The van der Waals surface area contributed by atoms with Crippen molar-refractivity contribution in [3.8, 4) is 0 Å². The summed E-state index contributed by atoms with van der Waals surface area (Å²) >= 11 is 0. The molecule has 5 nitrogen and oxygen atoms in total. The lowest BCUT2D eigenvalue weighted by molar-refractivity contribution is -0.130. The third-order valence-corrected chi connectivity index (χ3v) is 4.11. The Bertz CT molecular complexity index is 536. The van der Waals surface area contributed by atoms with Gasteiger partial charge in [-0.2, -0.15) is 0 Å². The van der Waals surface area contributed by atoms with Gasteiger partial charge in [0, 0.05) is 45.3 Å². The lowest BCUT2D eigenvalue weighted by atomic mass is 10.2. The molecule has 1 saturated heterocycles. The summed E-state index contributed by atoms with van der Waals surface area (Å²) in [5.41, 5.74) is 2.11. The van der Waals surface area contributed by atoms with Gasteiger partial charge in [-0.05, 0) is 31.5 Å². The van der Waals surface area contributed by atoms with Gasteiger partial charge in [0.2, 0.25) is 11.8 Å². The lowest BCUT2D eigenvalue weighted by Crippen LogP contribution is -2.51. The molecule has 2 amide bonds. The van der Waals surface area contributed by atoms with Gasteiger partial charge < -0.3 is 9.80 Å². The third kappa shape index (κ3) is 4.07. The first-order valence-electron chi connectivity index (χ1n) is 7.86. The van der Waals surface area contributed by atoms with E-state index in [0.717, 1.165) is 24.3 Å². The summed E-state index contributed by atoms with van der Waals surface area (Å²) < 4.78 is 0. The van der Waals surface area contributed by atoms with Crippen LogP contribution >= 0.6 is 0 Å². The fourth-order valence-electron chi connectivity index (χ4n) is 2.80. The summed E-state index contributed by atoms with van der Waals surface area (Å²) in [5.74, 6) is 0.227. The number of amides is 2. The molecule has 120 valence electrons. The van der Waals surface area contributed by atoms with E-state index in [-0.39, 0.29) is 11.8 Å². The molecule has 0 aliphatic carbocycles. The average molecular weight is 303 g/mol. The second-order valence-corrected chi connectivity index (χ2v) is 5.76. The smallest absolute Gasteiger partial charge is 0.241 e. The molecule has 1 aliphatic heterocycles. The molecule has 1 heterocycles. The zero-order chi connectivity index (χ0) is 16.1. The first-order chi connectivity index (χ1) is 10.5. The molecule has 0 bridgehead atoms. The summed E-state index contributed by atoms with van der Waals surface area (Å²) in [6.07, 6.45) is 0. The predicted molar refractivity (Wildman–Crippen MR) is 87.9 cm³/mol. The molecule has 0 saturated carbocycles. The Morgan fingerprint density at radius 2 is 1.86 bits per heavy atom. The van der Waals surface area contributed by atoms with Gasteiger partial charge in [-0.1, -0.05) is 12.1 Å². The minimum atomic E-state index is 0.112. The average Bonchev–Trinajstić information content (AvgIpc) is 2.48. The van der Waals surface area contributed by atoms with Crippen molar-refractivity contribution in [2.45, 2.75) is 20.8 Å². The zero-order valence-corrected chi connectivity index (χ0v) is 13.7. The third-order valence-electron chi connectivity index (χ3n) is 4.11. The molecule has 0 unspecified atom stereocenters. The maximum absolute atomic E-state index is 12.6. The summed E-state index contributed by atoms with van der Waals surface area (Å²) in [6, 6.07) is 8.02. The fourth-order valence-corrected chi connectivity index (χ4v) is 2.80. The van der Waals surface area contributed by atoms with Crippen LogP contribution in [0.4, 0.5) is 5.69 Å². The number of hydrogen-bond acceptors (Lipinski definition) is 3. The minimum absolute atomic E-state index is 0.112. The quantitative estimate of drug-likeness (QED) is 0.847. The van der Waals surface area contributed by atoms with Crippen LogP contribution in [0.3, 0.4) is 0 Å². The molecule has 0 radical (unpaired) electrons. The van der Waals surface area contributed by atoms with Crippen LogP contribution < -0.4 is 4.90 Å². The van der Waals surface area contributed by atoms with Crippen molar-refractivity contribution >= 4 is 17.5 Å². The number of piperazine rings is 1. The van der Waals surface area contributed by atoms with E-state index in [1.165, 1.54) is 0 Å². The van der Waals surface area contributed by atoms with Gasteiger partial charge >= 0.3 is 0 Å². The Labute approximate surface area is 132 Å². The number of carbonyl (C=O) groups excluding carboxylic acids is 2. The number of aryl methyl sites for hydroxylation is 1. The second kappa shape index (κ2) is 7.40. The van der Waals surface area contributed by atoms with Crippen molar-refractivity contribution in [3.05, 3.63) is 29.8 Å². The molecular weight excluding hydrogens is 278 g/mol. The number of carbonyl (C=O) groups is 2. The number of benzene rings is 1. The van der Waals surface area contributed by atoms with Crippen LogP contribution in [0.25, 0.3) is 0 Å². The lowest BCUT2D eigenvalue weighted by Gasteiger charge is -2.34. The summed E-state index contributed by atoms with van der Waals surface area (Å²) in [5, 5.41) is 0. The van der Waals surface area contributed by atoms with Crippen molar-refractivity contribution in [2.24, 2.45) is 0 Å². The number of nitrogens with zero attached hydrogens (tertiary/aromatic N) is 3. The highest BCUT2D eigenvalue weighted by Crippen LogP contribution is 2.16. The van der Waals surface area contributed by atoms with E-state index in [9.17, 15) is 9.59 Å². The van der Waals surface area contributed by atoms with E-state index < -0.39 is 0 Å². The Kier molecular flexibility index (Phi) is 5.55. The molecule has 0 spiro atoms. The van der Waals surface area contributed by atoms with E-state index >= 15 is 0 Å². The van der Waals surface area contributed by atoms with Crippen LogP contribution in [0.1, 0.15) is 19.4 Å². The van der Waals surface area contributed by atoms with Gasteiger partial charge in [-0.3, -0.25) is 14.5 Å². The Morgan fingerprint density at radius 3 is 2.41 bits per heavy atom. The van der Waals surface area contributed by atoms with Crippen LogP contribution in [0.5, 0.6) is 0 Å². The van der Waals surface area contributed by atoms with Gasteiger partial charge in [-0.25, -0.2) is 0 Å². The van der Waals surface area contributed by atoms with E-state index in [1.807, 2.05) is 47.9 Å². The van der Waals surface area contributed by atoms with Crippen molar-refractivity contribution < 1.29 is 9.59 Å². The van der Waals surface area contributed by atoms with Gasteiger partial charge in [0.05, 0.1) is 6.54 Å². The fraction of sp³-hybridized carbons (Fsp3) is 0.529. The molecule has 1 aliphatic rings. The molecule has 1 aromatic carbocycles. The molecule has 1 aromatic rings. The van der Waals surface area contributed by atoms with Crippen LogP contribution in [0, 0.1) is 6.92 Å². The summed E-state index contributed by atoms with van der Waals surface area (Å²) in [6.45, 7) is 9.63. The van der Waals surface area contributed by atoms with E-state index in [1.54, 1.807) is 6.92 Å². The number of anilines is 1. The molecule has 0 N–H and O–H groups in total. The van der Waals surface area contributed by atoms with Gasteiger partial charge in [0.15, 0.2) is 0 Å². The second-order valence-electron chi connectivity index (χ2n) is 5.76. The maximum atomic E-state index is 12.6. The maximum Gasteiger partial charge on any atom is 0.241 e. The number of hydrogen-bond donors (Lipinski definition) is 0. The molecule has 22 heavy (non-hydrogen) atoms. The first-order valence-corrected chi connectivity index (χ1v) is 7.86. The van der Waals surface area contributed by atoms with Gasteiger partial charge in [-0.15, -0.1) is 0 Å². The Hall–Kier alpha value is -1.88. The monoisotopic (exact) mass is 303 g/mol. The minimum Gasteiger partial charge on any atom is -0.340 e. The largest absolute Gasteiger partial charge is 0.340 e. The molecule has 1 fully saturated rings. The Morgan fingerprint density at radius 1 is 1.18 bits per heavy atom. The molecule has 5 heteroatoms. The highest BCUT2D eigenvalue weighted by Gasteiger charge is 2.22. The SMILES string of the molecule is CCN(C(=O)CN1CCN(C(C)=O)CC1)c1cccc(C)c1. The predicted octanol–water partition coefficient (Wildman–Crippen LogP) is 1.51. The first kappa shape index (κ1) is 16.5. The number of rotatable bonds is 4. The van der Waals surface area contributed by atoms with Crippen molar-refractivity contribution in [3.63, 3.8) is 0 Å². The summed E-state index contributed by atoms with van der Waals surface area (Å²) in [7, 11) is 0. The zero-order valence-electron chi connectivity index (χ0n) is 13.7. The molecular formula is C17H25N3O2. The van der Waals surface area contributed by atoms with Crippen LogP contribution in [0.15, 0.2) is 24.3 Å². The van der Waals surface area contributed by atoms with E-state index in [2.05, 4.69) is 4.90 Å². The number of likely N-dealkylation sites (N-methyl/N-ethyl adjacent to an activating group) is 1. The standard InChI is InChI=1S/C17H25N3O2/c1-4-20(16-7-5-6-14(2)12-16)17(22)13-18-8-10-19(11-9-18)15(3)21/h5-7,12H,4,8-11,13H2,1-3H3. The van der Waals surface area contributed by atoms with Crippen LogP contribution in [0.2, 0.25) is 0 Å². The van der Waals surface area contributed by atoms with Crippen molar-refractivity contribution in [1.82, 2.24) is 9.80 Å². The van der Waals surface area contributed by atoms with Gasteiger partial charge in [0.1, 0.15) is 0 Å². The molecule has 0 aromatic heterocycles. The van der Waals surface area contributed by atoms with Crippen LogP contribution in [-0.2, 0) is 9.59 Å². The topological polar surface area (TPSA) is 43.9 Å².